The quantitative estimate of drug-likeness (QED) is 0.156. The van der Waals surface area contributed by atoms with Gasteiger partial charge in [0.2, 0.25) is 11.5 Å². The van der Waals surface area contributed by atoms with Crippen LogP contribution in [0.5, 0.6) is 0 Å². The molecule has 13 heteroatoms. The molecule has 2 aromatic carbocycles. The van der Waals surface area contributed by atoms with E-state index in [9.17, 15) is 9.59 Å². The van der Waals surface area contributed by atoms with Gasteiger partial charge in [-0.15, -0.1) is 0 Å². The zero-order valence-electron chi connectivity index (χ0n) is 29.8. The fourth-order valence-corrected chi connectivity index (χ4v) is 7.46. The van der Waals surface area contributed by atoms with E-state index in [0.29, 0.717) is 35.3 Å². The molecule has 2 N–H and O–H groups in total. The normalized spacial score (nSPS) is 22.1. The van der Waals surface area contributed by atoms with Crippen molar-refractivity contribution in [3.8, 4) is 22.5 Å². The highest BCUT2D eigenvalue weighted by molar-refractivity contribution is 5.93. The number of aromatic nitrogens is 6. The number of rotatable bonds is 10. The lowest BCUT2D eigenvalue weighted by Crippen LogP contribution is -2.46. The standard InChI is InChI=1S/C21H22N4O2.C20H20N4O3/c26-21(20-11-19(24-27-20)15-5-2-1-3-6-15)23-17-9-18(10-17)25-13-16(12-22-25)14-7-4-8-14;25-20(19-10-17(23-27-19)13-4-2-1-3-5-13)22-15-8-16(9-15)24-18(6-7-21-24)14-11-26-12-14/h1-3,5-6,11-14,17-18H,4,7-10H2,(H,23,26);1-7,10,14-16H,8-9,11-12H2,(H,22,25). The molecule has 1 aliphatic heterocycles. The van der Waals surface area contributed by atoms with Crippen LogP contribution in [0.4, 0.5) is 0 Å². The van der Waals surface area contributed by atoms with Gasteiger partial charge in [0.05, 0.1) is 31.5 Å². The molecule has 6 aromatic rings. The van der Waals surface area contributed by atoms with Crippen molar-refractivity contribution in [2.45, 2.75) is 80.9 Å². The van der Waals surface area contributed by atoms with Gasteiger partial charge in [0.1, 0.15) is 11.4 Å². The maximum atomic E-state index is 12.4. The first-order valence-electron chi connectivity index (χ1n) is 18.8. The summed E-state index contributed by atoms with van der Waals surface area (Å²) in [6.45, 7) is 1.54. The van der Waals surface area contributed by atoms with Crippen molar-refractivity contribution in [3.63, 3.8) is 0 Å². The summed E-state index contributed by atoms with van der Waals surface area (Å²) < 4.78 is 19.9. The minimum atomic E-state index is -0.221. The van der Waals surface area contributed by atoms with E-state index >= 15 is 0 Å². The Hall–Kier alpha value is -5.82. The van der Waals surface area contributed by atoms with Crippen molar-refractivity contribution in [2.75, 3.05) is 13.2 Å². The van der Waals surface area contributed by atoms with Gasteiger partial charge in [0.25, 0.3) is 11.8 Å². The van der Waals surface area contributed by atoms with E-state index in [-0.39, 0.29) is 35.4 Å². The number of carbonyl (C=O) groups excluding carboxylic acids is 2. The van der Waals surface area contributed by atoms with Crippen LogP contribution in [-0.2, 0) is 4.74 Å². The van der Waals surface area contributed by atoms with Gasteiger partial charge in [-0.3, -0.25) is 19.0 Å². The summed E-state index contributed by atoms with van der Waals surface area (Å²) in [6.07, 6.45) is 13.5. The Kier molecular flexibility index (Phi) is 9.37. The highest BCUT2D eigenvalue weighted by Crippen LogP contribution is 2.39. The van der Waals surface area contributed by atoms with Gasteiger partial charge < -0.3 is 24.4 Å². The Balaban J connectivity index is 0.000000142. The first-order chi connectivity index (χ1) is 26.5. The Labute approximate surface area is 312 Å². The molecule has 54 heavy (non-hydrogen) atoms. The highest BCUT2D eigenvalue weighted by Gasteiger charge is 2.36. The minimum Gasteiger partial charge on any atom is -0.380 e. The van der Waals surface area contributed by atoms with Crippen LogP contribution in [-0.4, -0.2) is 67.0 Å². The molecule has 4 aliphatic rings. The number of hydrogen-bond acceptors (Lipinski definition) is 9. The van der Waals surface area contributed by atoms with Crippen LogP contribution in [0.3, 0.4) is 0 Å². The monoisotopic (exact) mass is 726 g/mol. The maximum absolute atomic E-state index is 12.4. The summed E-state index contributed by atoms with van der Waals surface area (Å²) in [5.41, 5.74) is 5.80. The molecule has 3 aliphatic carbocycles. The number of carbonyl (C=O) groups is 2. The maximum Gasteiger partial charge on any atom is 0.290 e. The summed E-state index contributed by atoms with van der Waals surface area (Å²) in [7, 11) is 0. The van der Waals surface area contributed by atoms with Crippen LogP contribution in [0.1, 0.15) is 101 Å². The predicted molar refractivity (Wildman–Crippen MR) is 198 cm³/mol. The number of hydrogen-bond donors (Lipinski definition) is 2. The second-order valence-electron chi connectivity index (χ2n) is 14.8. The van der Waals surface area contributed by atoms with Gasteiger partial charge in [0, 0.05) is 59.3 Å². The molecule has 10 rings (SSSR count). The molecular formula is C41H42N8O5. The molecular weight excluding hydrogens is 685 g/mol. The van der Waals surface area contributed by atoms with E-state index in [0.717, 1.165) is 50.0 Å². The van der Waals surface area contributed by atoms with Crippen molar-refractivity contribution in [1.29, 1.82) is 0 Å². The highest BCUT2D eigenvalue weighted by atomic mass is 16.5. The van der Waals surface area contributed by atoms with E-state index in [1.54, 1.807) is 12.1 Å². The van der Waals surface area contributed by atoms with Crippen LogP contribution in [0.15, 0.2) is 106 Å². The van der Waals surface area contributed by atoms with Gasteiger partial charge in [0.15, 0.2) is 0 Å². The average molecular weight is 727 g/mol. The second kappa shape index (κ2) is 14.9. The van der Waals surface area contributed by atoms with Crippen molar-refractivity contribution in [1.82, 2.24) is 40.5 Å². The van der Waals surface area contributed by atoms with Crippen molar-refractivity contribution in [3.05, 3.63) is 120 Å². The molecule has 0 bridgehead atoms. The SMILES string of the molecule is O=C(NC1CC(n2cc(C3CCC3)cn2)C1)c1cc(-c2ccccc2)no1.O=C(NC1CC(n2nccc2C2COC2)C1)c1cc(-c2ccccc2)no1. The van der Waals surface area contributed by atoms with Gasteiger partial charge in [-0.05, 0) is 56.1 Å². The van der Waals surface area contributed by atoms with Crippen LogP contribution in [0.2, 0.25) is 0 Å². The number of nitrogens with zero attached hydrogens (tertiary/aromatic N) is 6. The number of nitrogens with one attached hydrogen (secondary N) is 2. The summed E-state index contributed by atoms with van der Waals surface area (Å²) in [5.74, 6) is 1.23. The topological polar surface area (TPSA) is 155 Å². The van der Waals surface area contributed by atoms with E-state index in [1.807, 2.05) is 73.1 Å². The molecule has 4 aromatic heterocycles. The second-order valence-corrected chi connectivity index (χ2v) is 14.8. The largest absolute Gasteiger partial charge is 0.380 e. The molecule has 0 unspecified atom stereocenters. The molecule has 276 valence electrons. The predicted octanol–water partition coefficient (Wildman–Crippen LogP) is 6.72. The van der Waals surface area contributed by atoms with Gasteiger partial charge in [-0.2, -0.15) is 10.2 Å². The van der Waals surface area contributed by atoms with E-state index in [4.69, 9.17) is 13.8 Å². The first-order valence-corrected chi connectivity index (χ1v) is 18.8. The summed E-state index contributed by atoms with van der Waals surface area (Å²) >= 11 is 0. The van der Waals surface area contributed by atoms with Gasteiger partial charge in [-0.1, -0.05) is 77.4 Å². The number of benzene rings is 2. The third-order valence-corrected chi connectivity index (χ3v) is 11.2. The zero-order valence-corrected chi connectivity index (χ0v) is 29.8. The van der Waals surface area contributed by atoms with E-state index < -0.39 is 0 Å². The van der Waals surface area contributed by atoms with Crippen molar-refractivity contribution >= 4 is 11.8 Å². The Bertz CT molecular complexity index is 2190. The van der Waals surface area contributed by atoms with Crippen LogP contribution in [0, 0.1) is 0 Å². The Morgan fingerprint density at radius 3 is 1.78 bits per heavy atom. The fourth-order valence-electron chi connectivity index (χ4n) is 7.46. The third-order valence-electron chi connectivity index (χ3n) is 11.2. The van der Waals surface area contributed by atoms with Gasteiger partial charge >= 0.3 is 0 Å². The molecule has 3 saturated carbocycles. The molecule has 0 atom stereocenters. The molecule has 13 nitrogen and oxygen atoms in total. The van der Waals surface area contributed by atoms with Crippen molar-refractivity contribution in [2.24, 2.45) is 0 Å². The first kappa shape index (κ1) is 34.0. The summed E-state index contributed by atoms with van der Waals surface area (Å²) in [4.78, 5) is 24.8. The lowest BCUT2D eigenvalue weighted by atomic mass is 9.81. The molecule has 5 heterocycles. The third kappa shape index (κ3) is 7.11. The van der Waals surface area contributed by atoms with Crippen LogP contribution >= 0.6 is 0 Å². The molecule has 0 radical (unpaired) electrons. The summed E-state index contributed by atoms with van der Waals surface area (Å²) in [5, 5.41) is 23.1. The molecule has 2 amide bonds. The smallest absolute Gasteiger partial charge is 0.290 e. The zero-order chi connectivity index (χ0) is 36.4. The molecule has 0 spiro atoms. The number of ether oxygens (including phenoxy) is 1. The molecule has 1 saturated heterocycles. The van der Waals surface area contributed by atoms with E-state index in [2.05, 4.69) is 52.8 Å². The lowest BCUT2D eigenvalue weighted by Gasteiger charge is -2.38. The van der Waals surface area contributed by atoms with Crippen LogP contribution < -0.4 is 10.6 Å². The number of amides is 2. The Morgan fingerprint density at radius 1 is 0.685 bits per heavy atom. The Morgan fingerprint density at radius 2 is 1.26 bits per heavy atom. The molecule has 4 fully saturated rings. The van der Waals surface area contributed by atoms with Crippen molar-refractivity contribution < 1.29 is 23.4 Å². The fraction of sp³-hybridized carbons (Fsp3) is 0.366. The summed E-state index contributed by atoms with van der Waals surface area (Å²) in [6, 6.07) is 25.8. The minimum absolute atomic E-state index is 0.127. The lowest BCUT2D eigenvalue weighted by molar-refractivity contribution is 0.00301. The van der Waals surface area contributed by atoms with E-state index in [1.165, 1.54) is 30.5 Å². The van der Waals surface area contributed by atoms with Crippen LogP contribution in [0.25, 0.3) is 22.5 Å². The average Bonchev–Trinajstić information content (AvgIpc) is 3.95. The van der Waals surface area contributed by atoms with Gasteiger partial charge in [-0.25, -0.2) is 0 Å².